The maximum Gasteiger partial charge on any atom is 0.228 e. The molecule has 0 aromatic heterocycles. The molecule has 1 atom stereocenters. The Bertz CT molecular complexity index is 337. The van der Waals surface area contributed by atoms with E-state index in [4.69, 9.17) is 10.5 Å². The minimum Gasteiger partial charge on any atom is -0.385 e. The molecule has 1 unspecified atom stereocenters. The Labute approximate surface area is 116 Å². The largest absolute Gasteiger partial charge is 0.385 e. The molecule has 2 N–H and O–H groups in total. The summed E-state index contributed by atoms with van der Waals surface area (Å²) in [6, 6.07) is 0.202. The first kappa shape index (κ1) is 14.8. The highest BCUT2D eigenvalue weighted by Crippen LogP contribution is 2.46. The Morgan fingerprint density at radius 2 is 2.11 bits per heavy atom. The molecule has 0 aromatic rings. The zero-order valence-electron chi connectivity index (χ0n) is 12.6. The van der Waals surface area contributed by atoms with Gasteiger partial charge in [-0.1, -0.05) is 20.3 Å². The molecular formula is C15H28N2O2. The molecule has 110 valence electrons. The van der Waals surface area contributed by atoms with Crippen LogP contribution in [-0.4, -0.2) is 43.7 Å². The topological polar surface area (TPSA) is 55.6 Å². The van der Waals surface area contributed by atoms with Gasteiger partial charge in [-0.2, -0.15) is 0 Å². The maximum absolute atomic E-state index is 12.8. The molecule has 0 bridgehead atoms. The number of rotatable bonds is 4. The summed E-state index contributed by atoms with van der Waals surface area (Å²) < 4.78 is 5.18. The van der Waals surface area contributed by atoms with Crippen LogP contribution in [0.5, 0.6) is 0 Å². The third kappa shape index (κ3) is 2.79. The van der Waals surface area contributed by atoms with E-state index in [1.54, 1.807) is 7.11 Å². The number of methoxy groups -OCH3 is 1. The fraction of sp³-hybridized carbons (Fsp3) is 0.933. The van der Waals surface area contributed by atoms with Gasteiger partial charge in [-0.05, 0) is 31.1 Å². The fourth-order valence-corrected chi connectivity index (χ4v) is 3.35. The molecule has 4 heteroatoms. The van der Waals surface area contributed by atoms with Gasteiger partial charge in [-0.25, -0.2) is 0 Å². The predicted octanol–water partition coefficient (Wildman–Crippen LogP) is 1.78. The summed E-state index contributed by atoms with van der Waals surface area (Å²) in [5, 5.41) is 0. The van der Waals surface area contributed by atoms with E-state index >= 15 is 0 Å². The highest BCUT2D eigenvalue weighted by molar-refractivity contribution is 5.83. The van der Waals surface area contributed by atoms with Crippen LogP contribution >= 0.6 is 0 Å². The molecule has 1 amide bonds. The van der Waals surface area contributed by atoms with Crippen LogP contribution in [0.1, 0.15) is 46.0 Å². The Balaban J connectivity index is 2.02. The number of carbonyl (C=O) groups excluding carboxylic acids is 1. The van der Waals surface area contributed by atoms with Crippen LogP contribution in [-0.2, 0) is 9.53 Å². The predicted molar refractivity (Wildman–Crippen MR) is 75.7 cm³/mol. The van der Waals surface area contributed by atoms with E-state index in [0.717, 1.165) is 38.8 Å². The molecule has 0 radical (unpaired) electrons. The van der Waals surface area contributed by atoms with Crippen LogP contribution in [0.25, 0.3) is 0 Å². The van der Waals surface area contributed by atoms with Gasteiger partial charge in [0.05, 0.1) is 5.41 Å². The number of nitrogens with two attached hydrogens (primary N) is 1. The average molecular weight is 268 g/mol. The number of ether oxygens (including phenoxy) is 1. The number of piperidine rings is 1. The minimum absolute atomic E-state index is 0.0279. The molecule has 2 fully saturated rings. The van der Waals surface area contributed by atoms with E-state index < -0.39 is 0 Å². The lowest BCUT2D eigenvalue weighted by Gasteiger charge is -2.49. The van der Waals surface area contributed by atoms with Crippen LogP contribution in [0.3, 0.4) is 0 Å². The minimum atomic E-state index is -0.131. The molecule has 1 heterocycles. The van der Waals surface area contributed by atoms with Gasteiger partial charge in [0, 0.05) is 32.8 Å². The molecule has 19 heavy (non-hydrogen) atoms. The van der Waals surface area contributed by atoms with Gasteiger partial charge >= 0.3 is 0 Å². The van der Waals surface area contributed by atoms with Gasteiger partial charge in [0.25, 0.3) is 0 Å². The van der Waals surface area contributed by atoms with Crippen molar-refractivity contribution in [2.45, 2.75) is 52.0 Å². The first-order chi connectivity index (χ1) is 8.91. The van der Waals surface area contributed by atoms with Crippen molar-refractivity contribution >= 4 is 5.91 Å². The molecule has 1 aliphatic carbocycles. The van der Waals surface area contributed by atoms with Crippen LogP contribution < -0.4 is 5.73 Å². The Kier molecular flexibility index (Phi) is 4.21. The summed E-state index contributed by atoms with van der Waals surface area (Å²) in [4.78, 5) is 14.9. The van der Waals surface area contributed by atoms with Crippen molar-refractivity contribution in [3.05, 3.63) is 0 Å². The Morgan fingerprint density at radius 3 is 2.58 bits per heavy atom. The molecular weight excluding hydrogens is 240 g/mol. The lowest BCUT2D eigenvalue weighted by atomic mass is 9.65. The second-order valence-electron chi connectivity index (χ2n) is 6.99. The van der Waals surface area contributed by atoms with Gasteiger partial charge in [-0.3, -0.25) is 4.79 Å². The van der Waals surface area contributed by atoms with Crippen molar-refractivity contribution in [3.8, 4) is 0 Å². The van der Waals surface area contributed by atoms with Crippen LogP contribution in [0.4, 0.5) is 0 Å². The van der Waals surface area contributed by atoms with Crippen molar-refractivity contribution in [2.75, 3.05) is 26.8 Å². The third-order valence-corrected chi connectivity index (χ3v) is 5.15. The van der Waals surface area contributed by atoms with E-state index in [1.807, 2.05) is 0 Å². The molecule has 2 rings (SSSR count). The van der Waals surface area contributed by atoms with Crippen LogP contribution in [0, 0.1) is 10.8 Å². The van der Waals surface area contributed by atoms with Crippen LogP contribution in [0.2, 0.25) is 0 Å². The molecule has 2 aliphatic rings. The standard InChI is InChI=1S/C15H28N2O2/c1-14(2)11-17(9-5-12(14)16)13(18)15(6-4-7-15)8-10-19-3/h12H,4-11,16H2,1-3H3. The van der Waals surface area contributed by atoms with E-state index in [2.05, 4.69) is 18.7 Å². The van der Waals surface area contributed by atoms with E-state index in [9.17, 15) is 4.79 Å². The highest BCUT2D eigenvalue weighted by Gasteiger charge is 2.47. The lowest BCUT2D eigenvalue weighted by molar-refractivity contribution is -0.152. The van der Waals surface area contributed by atoms with Gasteiger partial charge < -0.3 is 15.4 Å². The summed E-state index contributed by atoms with van der Waals surface area (Å²) in [6.45, 7) is 6.63. The fourth-order valence-electron chi connectivity index (χ4n) is 3.35. The highest BCUT2D eigenvalue weighted by atomic mass is 16.5. The molecule has 1 saturated heterocycles. The lowest BCUT2D eigenvalue weighted by Crippen LogP contribution is -2.58. The number of hydrogen-bond donors (Lipinski definition) is 1. The third-order valence-electron chi connectivity index (χ3n) is 5.15. The summed E-state index contributed by atoms with van der Waals surface area (Å²) in [5.74, 6) is 0.343. The number of nitrogens with zero attached hydrogens (tertiary/aromatic N) is 1. The van der Waals surface area contributed by atoms with Crippen molar-refractivity contribution in [3.63, 3.8) is 0 Å². The smallest absolute Gasteiger partial charge is 0.228 e. The quantitative estimate of drug-likeness (QED) is 0.845. The second-order valence-corrected chi connectivity index (χ2v) is 6.99. The number of hydrogen-bond acceptors (Lipinski definition) is 3. The zero-order chi connectivity index (χ0) is 14.1. The molecule has 0 aromatic carbocycles. The van der Waals surface area contributed by atoms with Crippen LogP contribution in [0.15, 0.2) is 0 Å². The van der Waals surface area contributed by atoms with Gasteiger partial charge in [-0.15, -0.1) is 0 Å². The average Bonchev–Trinajstić information content (AvgIpc) is 2.31. The SMILES string of the molecule is COCCC1(C(=O)N2CCC(N)C(C)(C)C2)CCC1. The van der Waals surface area contributed by atoms with Crippen molar-refractivity contribution in [1.82, 2.24) is 4.90 Å². The van der Waals surface area contributed by atoms with Crippen molar-refractivity contribution in [2.24, 2.45) is 16.6 Å². The first-order valence-electron chi connectivity index (χ1n) is 7.45. The number of amides is 1. The van der Waals surface area contributed by atoms with Gasteiger partial charge in [0.15, 0.2) is 0 Å². The number of likely N-dealkylation sites (tertiary alicyclic amines) is 1. The zero-order valence-corrected chi connectivity index (χ0v) is 12.6. The molecule has 4 nitrogen and oxygen atoms in total. The maximum atomic E-state index is 12.8. The molecule has 1 saturated carbocycles. The van der Waals surface area contributed by atoms with Crippen molar-refractivity contribution in [1.29, 1.82) is 0 Å². The molecule has 1 aliphatic heterocycles. The Hall–Kier alpha value is -0.610. The van der Waals surface area contributed by atoms with E-state index in [0.29, 0.717) is 12.5 Å². The van der Waals surface area contributed by atoms with E-state index in [1.165, 1.54) is 6.42 Å². The summed E-state index contributed by atoms with van der Waals surface area (Å²) >= 11 is 0. The van der Waals surface area contributed by atoms with Crippen molar-refractivity contribution < 1.29 is 9.53 Å². The first-order valence-corrected chi connectivity index (χ1v) is 7.45. The van der Waals surface area contributed by atoms with E-state index in [-0.39, 0.29) is 16.9 Å². The Morgan fingerprint density at radius 1 is 1.42 bits per heavy atom. The summed E-state index contributed by atoms with van der Waals surface area (Å²) in [6.07, 6.45) is 5.01. The normalized spacial score (nSPS) is 28.8. The second kappa shape index (κ2) is 5.41. The van der Waals surface area contributed by atoms with Gasteiger partial charge in [0.2, 0.25) is 5.91 Å². The number of carbonyl (C=O) groups is 1. The summed E-state index contributed by atoms with van der Waals surface area (Å²) in [7, 11) is 1.71. The summed E-state index contributed by atoms with van der Waals surface area (Å²) in [5.41, 5.74) is 6.05. The monoisotopic (exact) mass is 268 g/mol. The van der Waals surface area contributed by atoms with Gasteiger partial charge in [0.1, 0.15) is 0 Å². The molecule has 0 spiro atoms.